The maximum Gasteiger partial charge on any atom is 0.315 e. The topological polar surface area (TPSA) is 139 Å². The van der Waals surface area contributed by atoms with Crippen molar-refractivity contribution in [2.24, 2.45) is 10.8 Å². The molecular formula is C23H28N6O3. The first-order valence-corrected chi connectivity index (χ1v) is 10.7. The predicted molar refractivity (Wildman–Crippen MR) is 119 cm³/mol. The molecule has 0 amide bonds. The Labute approximate surface area is 186 Å². The van der Waals surface area contributed by atoms with Gasteiger partial charge in [-0.2, -0.15) is 5.11 Å². The number of fused-ring (bicyclic) bond motifs is 1. The van der Waals surface area contributed by atoms with Gasteiger partial charge in [0.2, 0.25) is 0 Å². The van der Waals surface area contributed by atoms with Crippen LogP contribution in [0.15, 0.2) is 47.6 Å². The molecule has 2 aliphatic heterocycles. The summed E-state index contributed by atoms with van der Waals surface area (Å²) in [5.41, 5.74) is 16.2. The third kappa shape index (κ3) is 4.72. The molecule has 1 fully saturated rings. The molecule has 4 rings (SSSR count). The van der Waals surface area contributed by atoms with Crippen molar-refractivity contribution in [2.45, 2.75) is 31.4 Å². The number of aliphatic carboxylic acids is 1. The van der Waals surface area contributed by atoms with Crippen LogP contribution in [0.4, 0.5) is 0 Å². The molecule has 0 aromatic heterocycles. The van der Waals surface area contributed by atoms with E-state index in [2.05, 4.69) is 10.0 Å². The molecule has 5 N–H and O–H groups in total. The molecule has 1 saturated heterocycles. The molecule has 2 aliphatic rings. The summed E-state index contributed by atoms with van der Waals surface area (Å²) in [4.78, 5) is 16.0. The second-order valence-corrected chi connectivity index (χ2v) is 8.33. The summed E-state index contributed by atoms with van der Waals surface area (Å²) in [6, 6.07) is 13.1. The van der Waals surface area contributed by atoms with Crippen LogP contribution in [-0.4, -0.2) is 59.2 Å². The molecule has 2 aromatic carbocycles. The Hall–Kier alpha value is -3.46. The quantitative estimate of drug-likeness (QED) is 0.299. The number of carbonyl (C=O) groups is 1. The number of guanidine groups is 1. The van der Waals surface area contributed by atoms with Crippen LogP contribution in [0.5, 0.6) is 5.75 Å². The van der Waals surface area contributed by atoms with Gasteiger partial charge in [-0.3, -0.25) is 15.1 Å². The van der Waals surface area contributed by atoms with Crippen LogP contribution in [-0.2, 0) is 17.8 Å². The number of carboxylic acid groups (broad SMARTS) is 1. The molecule has 2 atom stereocenters. The van der Waals surface area contributed by atoms with Crippen molar-refractivity contribution in [1.82, 2.24) is 9.80 Å². The van der Waals surface area contributed by atoms with Crippen LogP contribution in [0.2, 0.25) is 0 Å². The Morgan fingerprint density at radius 3 is 2.62 bits per heavy atom. The summed E-state index contributed by atoms with van der Waals surface area (Å²) in [5, 5.41) is 21.1. The number of ether oxygens (including phenoxy) is 1. The highest BCUT2D eigenvalue weighted by Crippen LogP contribution is 2.30. The zero-order valence-corrected chi connectivity index (χ0v) is 17.8. The molecule has 168 valence electrons. The molecule has 9 heteroatoms. The van der Waals surface area contributed by atoms with Gasteiger partial charge in [0.25, 0.3) is 0 Å². The van der Waals surface area contributed by atoms with E-state index in [9.17, 15) is 9.90 Å². The van der Waals surface area contributed by atoms with Crippen molar-refractivity contribution in [3.05, 3.63) is 64.7 Å². The standard InChI is InChI=1S/C23H28N6O3/c24-23(25)29-10-7-15-1-2-17(11-18(15)12-29)21(22(30)31)16-3-5-19(6-4-16)32-20-8-9-28(13-20)14-27-26/h1-6,11,20-21,26H,7-10,12-14H2,(H3,24,25)(H,30,31). The van der Waals surface area contributed by atoms with Crippen molar-refractivity contribution in [2.75, 3.05) is 26.3 Å². The van der Waals surface area contributed by atoms with Crippen molar-refractivity contribution in [1.29, 1.82) is 10.9 Å². The van der Waals surface area contributed by atoms with Gasteiger partial charge in [0, 0.05) is 26.2 Å². The minimum Gasteiger partial charge on any atom is -0.489 e. The van der Waals surface area contributed by atoms with Gasteiger partial charge in [-0.1, -0.05) is 30.3 Å². The summed E-state index contributed by atoms with van der Waals surface area (Å²) in [5.74, 6) is -0.966. The van der Waals surface area contributed by atoms with E-state index in [-0.39, 0.29) is 12.1 Å². The summed E-state index contributed by atoms with van der Waals surface area (Å²) in [6.07, 6.45) is 1.71. The van der Waals surface area contributed by atoms with Crippen LogP contribution in [0.25, 0.3) is 0 Å². The van der Waals surface area contributed by atoms with Crippen LogP contribution < -0.4 is 10.5 Å². The Morgan fingerprint density at radius 1 is 1.19 bits per heavy atom. The Kier molecular flexibility index (Phi) is 6.36. The molecular weight excluding hydrogens is 408 g/mol. The van der Waals surface area contributed by atoms with Crippen molar-refractivity contribution >= 4 is 11.9 Å². The molecule has 0 radical (unpaired) electrons. The molecule has 0 bridgehead atoms. The van der Waals surface area contributed by atoms with Gasteiger partial charge < -0.3 is 20.5 Å². The smallest absolute Gasteiger partial charge is 0.315 e. The van der Waals surface area contributed by atoms with E-state index in [0.29, 0.717) is 36.6 Å². The van der Waals surface area contributed by atoms with E-state index in [1.165, 1.54) is 5.56 Å². The fourth-order valence-electron chi connectivity index (χ4n) is 4.49. The summed E-state index contributed by atoms with van der Waals surface area (Å²) in [6.45, 7) is 3.19. The van der Waals surface area contributed by atoms with Crippen LogP contribution in [0.3, 0.4) is 0 Å². The van der Waals surface area contributed by atoms with Gasteiger partial charge in [0.15, 0.2) is 5.96 Å². The van der Waals surface area contributed by atoms with Crippen LogP contribution in [0.1, 0.15) is 34.6 Å². The van der Waals surface area contributed by atoms with E-state index in [4.69, 9.17) is 21.4 Å². The fraction of sp³-hybridized carbons (Fsp3) is 0.391. The molecule has 0 saturated carbocycles. The minimum atomic E-state index is -0.913. The van der Waals surface area contributed by atoms with E-state index in [1.54, 1.807) is 17.0 Å². The number of carboxylic acids is 1. The normalized spacial score (nSPS) is 19.2. The van der Waals surface area contributed by atoms with Gasteiger partial charge in [0.1, 0.15) is 24.4 Å². The molecule has 0 aliphatic carbocycles. The van der Waals surface area contributed by atoms with Gasteiger partial charge in [0.05, 0.1) is 0 Å². The first-order chi connectivity index (χ1) is 15.4. The highest BCUT2D eigenvalue weighted by atomic mass is 16.5. The monoisotopic (exact) mass is 436 g/mol. The van der Waals surface area contributed by atoms with Crippen LogP contribution >= 0.6 is 0 Å². The van der Waals surface area contributed by atoms with E-state index in [0.717, 1.165) is 31.5 Å². The van der Waals surface area contributed by atoms with Crippen molar-refractivity contribution in [3.8, 4) is 5.75 Å². The lowest BCUT2D eigenvalue weighted by Crippen LogP contribution is -2.40. The van der Waals surface area contributed by atoms with Crippen molar-refractivity contribution < 1.29 is 14.6 Å². The minimum absolute atomic E-state index is 0.0332. The highest BCUT2D eigenvalue weighted by molar-refractivity contribution is 5.80. The molecule has 2 aromatic rings. The Morgan fingerprint density at radius 2 is 1.94 bits per heavy atom. The molecule has 0 spiro atoms. The second kappa shape index (κ2) is 9.35. The van der Waals surface area contributed by atoms with Gasteiger partial charge in [-0.15, -0.1) is 0 Å². The van der Waals surface area contributed by atoms with Crippen LogP contribution in [0, 0.1) is 10.9 Å². The molecule has 9 nitrogen and oxygen atoms in total. The molecule has 2 heterocycles. The maximum atomic E-state index is 12.2. The summed E-state index contributed by atoms with van der Waals surface area (Å²) < 4.78 is 6.03. The lowest BCUT2D eigenvalue weighted by atomic mass is 9.87. The number of nitrogens with one attached hydrogen (secondary N) is 2. The van der Waals surface area contributed by atoms with Gasteiger partial charge in [-0.25, -0.2) is 5.53 Å². The Balaban J connectivity index is 1.50. The van der Waals surface area contributed by atoms with Gasteiger partial charge in [-0.05, 0) is 47.2 Å². The first-order valence-electron chi connectivity index (χ1n) is 10.7. The average molecular weight is 437 g/mol. The number of hydrogen-bond donors (Lipinski definition) is 4. The number of rotatable bonds is 7. The van der Waals surface area contributed by atoms with E-state index in [1.807, 2.05) is 30.3 Å². The van der Waals surface area contributed by atoms with Crippen molar-refractivity contribution in [3.63, 3.8) is 0 Å². The number of likely N-dealkylation sites (tertiary alicyclic amines) is 1. The predicted octanol–water partition coefficient (Wildman–Crippen LogP) is 2.60. The third-order valence-electron chi connectivity index (χ3n) is 6.18. The third-order valence-corrected chi connectivity index (χ3v) is 6.18. The lowest BCUT2D eigenvalue weighted by molar-refractivity contribution is -0.137. The largest absolute Gasteiger partial charge is 0.489 e. The number of benzene rings is 2. The first kappa shape index (κ1) is 21.8. The number of nitrogens with two attached hydrogens (primary N) is 1. The number of hydrogen-bond acceptors (Lipinski definition) is 6. The second-order valence-electron chi connectivity index (χ2n) is 8.33. The zero-order chi connectivity index (χ0) is 22.7. The lowest BCUT2D eigenvalue weighted by Gasteiger charge is -2.29. The Bertz CT molecular complexity index is 1010. The van der Waals surface area contributed by atoms with E-state index < -0.39 is 11.9 Å². The van der Waals surface area contributed by atoms with E-state index >= 15 is 0 Å². The van der Waals surface area contributed by atoms with Gasteiger partial charge >= 0.3 is 5.97 Å². The molecule has 32 heavy (non-hydrogen) atoms. The summed E-state index contributed by atoms with van der Waals surface area (Å²) >= 11 is 0. The fourth-order valence-corrected chi connectivity index (χ4v) is 4.49. The summed E-state index contributed by atoms with van der Waals surface area (Å²) in [7, 11) is 0. The molecule has 2 unspecified atom stereocenters. The zero-order valence-electron chi connectivity index (χ0n) is 17.8. The SMILES string of the molecule is N=NCN1CCC(Oc2ccc(C(C(=O)O)c3ccc4c(c3)CN(C(=N)N)CC4)cc2)C1. The average Bonchev–Trinajstić information content (AvgIpc) is 3.21. The maximum absolute atomic E-state index is 12.2. The number of nitrogens with zero attached hydrogens (tertiary/aromatic N) is 3. The highest BCUT2D eigenvalue weighted by Gasteiger charge is 2.26.